The first-order valence-corrected chi connectivity index (χ1v) is 11.4. The number of hydrogen-bond acceptors (Lipinski definition) is 6. The number of rotatable bonds is 10. The van der Waals surface area contributed by atoms with Crippen molar-refractivity contribution >= 4 is 28.6 Å². The zero-order valence-corrected chi connectivity index (χ0v) is 18.9. The van der Waals surface area contributed by atoms with E-state index in [1.54, 1.807) is 29.9 Å². The fourth-order valence-corrected chi connectivity index (χ4v) is 4.44. The third-order valence-electron chi connectivity index (χ3n) is 5.24. The van der Waals surface area contributed by atoms with Gasteiger partial charge in [-0.05, 0) is 38.2 Å². The molecule has 0 aliphatic heterocycles. The van der Waals surface area contributed by atoms with Gasteiger partial charge in [0.25, 0.3) is 5.56 Å². The summed E-state index contributed by atoms with van der Waals surface area (Å²) >= 11 is 1.26. The first kappa shape index (κ1) is 22.9. The first-order chi connectivity index (χ1) is 15.1. The lowest BCUT2D eigenvalue weighted by Crippen LogP contribution is -2.27. The zero-order chi connectivity index (χ0) is 22.2. The molecule has 8 heteroatoms. The molecule has 7 nitrogen and oxygen atoms in total. The maximum atomic E-state index is 13.4. The lowest BCUT2D eigenvalue weighted by Gasteiger charge is -2.17. The van der Waals surface area contributed by atoms with Gasteiger partial charge < -0.3 is 14.8 Å². The molecule has 1 aliphatic carbocycles. The van der Waals surface area contributed by atoms with Crippen LogP contribution in [0.4, 0.5) is 0 Å². The summed E-state index contributed by atoms with van der Waals surface area (Å²) in [4.78, 5) is 30.2. The van der Waals surface area contributed by atoms with Gasteiger partial charge >= 0.3 is 0 Å². The molecule has 0 spiro atoms. The third-order valence-corrected chi connectivity index (χ3v) is 6.22. The summed E-state index contributed by atoms with van der Waals surface area (Å²) in [7, 11) is 3.08. The quantitative estimate of drug-likeness (QED) is 0.343. The van der Waals surface area contributed by atoms with E-state index in [4.69, 9.17) is 14.5 Å². The van der Waals surface area contributed by atoms with Crippen LogP contribution in [-0.4, -0.2) is 42.0 Å². The van der Waals surface area contributed by atoms with Crippen molar-refractivity contribution in [2.45, 2.75) is 43.8 Å². The van der Waals surface area contributed by atoms with Crippen LogP contribution in [0.25, 0.3) is 10.9 Å². The van der Waals surface area contributed by atoms with Gasteiger partial charge in [0.05, 0.1) is 30.9 Å². The average Bonchev–Trinajstić information content (AvgIpc) is 2.80. The summed E-state index contributed by atoms with van der Waals surface area (Å²) < 4.78 is 12.4. The van der Waals surface area contributed by atoms with Crippen molar-refractivity contribution in [3.05, 3.63) is 46.8 Å². The van der Waals surface area contributed by atoms with Crippen LogP contribution in [0.3, 0.4) is 0 Å². The molecule has 0 radical (unpaired) electrons. The Kier molecular flexibility index (Phi) is 8.17. The Labute approximate surface area is 186 Å². The van der Waals surface area contributed by atoms with Crippen molar-refractivity contribution in [1.29, 1.82) is 0 Å². The molecule has 1 aromatic heterocycles. The molecule has 166 valence electrons. The first-order valence-electron chi connectivity index (χ1n) is 10.4. The molecule has 0 fully saturated rings. The van der Waals surface area contributed by atoms with E-state index in [0.29, 0.717) is 40.6 Å². The Morgan fingerprint density at radius 1 is 1.29 bits per heavy atom. The van der Waals surface area contributed by atoms with Crippen LogP contribution in [0, 0.1) is 0 Å². The molecular weight excluding hydrogens is 414 g/mol. The summed E-state index contributed by atoms with van der Waals surface area (Å²) in [6, 6.07) is 3.37. The van der Waals surface area contributed by atoms with Crippen LogP contribution in [-0.2, 0) is 11.3 Å². The van der Waals surface area contributed by atoms with Crippen molar-refractivity contribution < 1.29 is 14.3 Å². The number of ether oxygens (including phenoxy) is 2. The van der Waals surface area contributed by atoms with E-state index in [1.165, 1.54) is 37.3 Å². The highest BCUT2D eigenvalue weighted by Gasteiger charge is 2.17. The van der Waals surface area contributed by atoms with Gasteiger partial charge in [0.15, 0.2) is 16.7 Å². The normalized spacial score (nSPS) is 13.5. The SMILES string of the molecule is C=CCNC(=O)CSc1nc2cc(OC)c(OC)cc2c(=O)n1CCC1=CCCCC1. The molecule has 1 N–H and O–H groups in total. The minimum absolute atomic E-state index is 0.131. The Hall–Kier alpha value is -2.74. The number of allylic oxidation sites excluding steroid dienone is 2. The van der Waals surface area contributed by atoms with Crippen LogP contribution < -0.4 is 20.3 Å². The van der Waals surface area contributed by atoms with Crippen molar-refractivity contribution in [3.8, 4) is 11.5 Å². The van der Waals surface area contributed by atoms with Gasteiger partial charge in [-0.25, -0.2) is 4.98 Å². The Balaban J connectivity index is 1.97. The van der Waals surface area contributed by atoms with Gasteiger partial charge in [-0.15, -0.1) is 6.58 Å². The van der Waals surface area contributed by atoms with Crippen LogP contribution in [0.5, 0.6) is 11.5 Å². The molecule has 3 rings (SSSR count). The Morgan fingerprint density at radius 2 is 2.06 bits per heavy atom. The van der Waals surface area contributed by atoms with Crippen LogP contribution in [0.15, 0.2) is 46.4 Å². The monoisotopic (exact) mass is 443 g/mol. The van der Waals surface area contributed by atoms with E-state index in [9.17, 15) is 9.59 Å². The van der Waals surface area contributed by atoms with Gasteiger partial charge in [0, 0.05) is 19.2 Å². The third kappa shape index (κ3) is 5.70. The molecule has 0 saturated carbocycles. The van der Waals surface area contributed by atoms with E-state index in [2.05, 4.69) is 18.0 Å². The fraction of sp³-hybridized carbons (Fsp3) is 0.435. The van der Waals surface area contributed by atoms with Gasteiger partial charge in [0.1, 0.15) is 0 Å². The maximum Gasteiger partial charge on any atom is 0.262 e. The molecule has 1 amide bonds. The van der Waals surface area contributed by atoms with E-state index in [1.807, 2.05) is 0 Å². The summed E-state index contributed by atoms with van der Waals surface area (Å²) in [5.74, 6) is 1.03. The molecular formula is C23H29N3O4S. The van der Waals surface area contributed by atoms with Crippen molar-refractivity contribution in [3.63, 3.8) is 0 Å². The number of aromatic nitrogens is 2. The minimum atomic E-state index is -0.142. The van der Waals surface area contributed by atoms with Gasteiger partial charge in [-0.1, -0.05) is 29.5 Å². The number of nitrogens with one attached hydrogen (secondary N) is 1. The highest BCUT2D eigenvalue weighted by atomic mass is 32.2. The molecule has 1 aromatic carbocycles. The second kappa shape index (κ2) is 11.0. The van der Waals surface area contributed by atoms with Gasteiger partial charge in [-0.2, -0.15) is 0 Å². The molecule has 0 saturated heterocycles. The number of amides is 1. The number of thioether (sulfide) groups is 1. The highest BCUT2D eigenvalue weighted by molar-refractivity contribution is 7.99. The number of fused-ring (bicyclic) bond motifs is 1. The number of benzene rings is 1. The lowest BCUT2D eigenvalue weighted by atomic mass is 9.97. The zero-order valence-electron chi connectivity index (χ0n) is 18.1. The summed E-state index contributed by atoms with van der Waals surface area (Å²) in [5, 5.41) is 3.74. The van der Waals surface area contributed by atoms with E-state index < -0.39 is 0 Å². The molecule has 0 bridgehead atoms. The molecule has 1 aliphatic rings. The standard InChI is InChI=1S/C23H29N3O4S/c1-4-11-24-21(27)15-31-23-25-18-14-20(30-3)19(29-2)13-17(18)22(28)26(23)12-10-16-8-6-5-7-9-16/h4,8,13-14H,1,5-7,9-12,15H2,2-3H3,(H,24,27). The number of carbonyl (C=O) groups is 1. The number of carbonyl (C=O) groups excluding carboxylic acids is 1. The van der Waals surface area contributed by atoms with Gasteiger partial charge in [-0.3, -0.25) is 14.2 Å². The van der Waals surface area contributed by atoms with Crippen molar-refractivity contribution in [1.82, 2.24) is 14.9 Å². The topological polar surface area (TPSA) is 82.5 Å². The van der Waals surface area contributed by atoms with Crippen molar-refractivity contribution in [2.24, 2.45) is 0 Å². The van der Waals surface area contributed by atoms with E-state index in [-0.39, 0.29) is 17.2 Å². The Bertz CT molecular complexity index is 1050. The van der Waals surface area contributed by atoms with Crippen LogP contribution >= 0.6 is 11.8 Å². The number of nitrogens with zero attached hydrogens (tertiary/aromatic N) is 2. The molecule has 1 heterocycles. The summed E-state index contributed by atoms with van der Waals surface area (Å²) in [6.45, 7) is 4.53. The van der Waals surface area contributed by atoms with Crippen LogP contribution in [0.2, 0.25) is 0 Å². The number of methoxy groups -OCH3 is 2. The van der Waals surface area contributed by atoms with E-state index in [0.717, 1.165) is 19.3 Å². The van der Waals surface area contributed by atoms with Gasteiger partial charge in [0.2, 0.25) is 5.91 Å². The van der Waals surface area contributed by atoms with E-state index >= 15 is 0 Å². The van der Waals surface area contributed by atoms with Crippen LogP contribution in [0.1, 0.15) is 32.1 Å². The molecule has 31 heavy (non-hydrogen) atoms. The average molecular weight is 444 g/mol. The fourth-order valence-electron chi connectivity index (χ4n) is 3.59. The van der Waals surface area contributed by atoms with Crippen molar-refractivity contribution in [2.75, 3.05) is 26.5 Å². The molecule has 0 atom stereocenters. The number of hydrogen-bond donors (Lipinski definition) is 1. The minimum Gasteiger partial charge on any atom is -0.493 e. The second-order valence-corrected chi connectivity index (χ2v) is 8.26. The molecule has 2 aromatic rings. The highest BCUT2D eigenvalue weighted by Crippen LogP contribution is 2.31. The summed E-state index contributed by atoms with van der Waals surface area (Å²) in [5.41, 5.74) is 1.76. The Morgan fingerprint density at radius 3 is 2.74 bits per heavy atom. The smallest absolute Gasteiger partial charge is 0.262 e. The predicted molar refractivity (Wildman–Crippen MR) is 124 cm³/mol. The predicted octanol–water partition coefficient (Wildman–Crippen LogP) is 3.70. The molecule has 0 unspecified atom stereocenters. The maximum absolute atomic E-state index is 13.4. The second-order valence-electron chi connectivity index (χ2n) is 7.32. The summed E-state index contributed by atoms with van der Waals surface area (Å²) in [6.07, 6.45) is 9.31. The lowest BCUT2D eigenvalue weighted by molar-refractivity contribution is -0.118. The largest absolute Gasteiger partial charge is 0.493 e.